The maximum absolute atomic E-state index is 12.7. The molecule has 0 bridgehead atoms. The second-order valence-electron chi connectivity index (χ2n) is 7.34. The van der Waals surface area contributed by atoms with Gasteiger partial charge >= 0.3 is 0 Å². The number of rotatable bonds is 3. The van der Waals surface area contributed by atoms with Crippen molar-refractivity contribution in [3.8, 4) is 10.7 Å². The predicted molar refractivity (Wildman–Crippen MR) is 107 cm³/mol. The van der Waals surface area contributed by atoms with E-state index < -0.39 is 0 Å². The number of anilines is 1. The highest BCUT2D eigenvalue weighted by Gasteiger charge is 2.34. The van der Waals surface area contributed by atoms with E-state index in [1.54, 1.807) is 13.1 Å². The third-order valence-corrected chi connectivity index (χ3v) is 6.58. The minimum atomic E-state index is -0.259. The third kappa shape index (κ3) is 3.54. The smallest absolute Gasteiger partial charge is 0.269 e. The van der Waals surface area contributed by atoms with Crippen molar-refractivity contribution in [2.75, 3.05) is 5.32 Å². The number of carbonyl (C=O) groups excluding carboxylic acids is 2. The Morgan fingerprint density at radius 2 is 2.00 bits per heavy atom. The Labute approximate surface area is 164 Å². The molecule has 3 aromatic heterocycles. The van der Waals surface area contributed by atoms with E-state index in [1.807, 2.05) is 18.2 Å². The Morgan fingerprint density at radius 3 is 2.74 bits per heavy atom. The van der Waals surface area contributed by atoms with Crippen LogP contribution in [-0.2, 0) is 6.42 Å². The van der Waals surface area contributed by atoms with E-state index in [-0.39, 0.29) is 17.1 Å². The summed E-state index contributed by atoms with van der Waals surface area (Å²) in [5.41, 5.74) is 2.08. The molecule has 3 heterocycles. The number of nitrogens with zero attached hydrogens (tertiary/aromatic N) is 3. The second kappa shape index (κ2) is 6.61. The number of pyridine rings is 1. The third-order valence-electron chi connectivity index (χ3n) is 4.34. The Kier molecular flexibility index (Phi) is 4.39. The van der Waals surface area contributed by atoms with Crippen molar-refractivity contribution in [1.29, 1.82) is 0 Å². The van der Waals surface area contributed by atoms with Gasteiger partial charge in [0.25, 0.3) is 5.91 Å². The second-order valence-corrected chi connectivity index (χ2v) is 9.34. The molecule has 138 valence electrons. The quantitative estimate of drug-likeness (QED) is 0.708. The highest BCUT2D eigenvalue weighted by atomic mass is 32.1. The number of carbonyl (C=O) groups is 2. The fourth-order valence-corrected chi connectivity index (χ4v) is 4.99. The summed E-state index contributed by atoms with van der Waals surface area (Å²) in [4.78, 5) is 39.5. The molecule has 1 aliphatic carbocycles. The van der Waals surface area contributed by atoms with E-state index in [2.05, 4.69) is 34.1 Å². The lowest BCUT2D eigenvalue weighted by atomic mass is 9.78. The van der Waals surface area contributed by atoms with E-state index in [4.69, 9.17) is 0 Å². The summed E-state index contributed by atoms with van der Waals surface area (Å²) < 4.78 is 0. The average Bonchev–Trinajstić information content (AvgIpc) is 3.18. The molecule has 0 saturated carbocycles. The van der Waals surface area contributed by atoms with Crippen LogP contribution in [0.25, 0.3) is 10.7 Å². The van der Waals surface area contributed by atoms with Gasteiger partial charge in [-0.15, -0.1) is 11.3 Å². The molecule has 0 aromatic carbocycles. The lowest BCUT2D eigenvalue weighted by Crippen LogP contribution is -2.26. The van der Waals surface area contributed by atoms with E-state index in [0.717, 1.165) is 17.8 Å². The number of hydrogen-bond donors (Lipinski definition) is 1. The van der Waals surface area contributed by atoms with Gasteiger partial charge in [0.2, 0.25) is 0 Å². The maximum atomic E-state index is 12.7. The van der Waals surface area contributed by atoms with Crippen molar-refractivity contribution >= 4 is 39.5 Å². The first-order chi connectivity index (χ1) is 12.8. The van der Waals surface area contributed by atoms with Gasteiger partial charge in [0.05, 0.1) is 22.0 Å². The summed E-state index contributed by atoms with van der Waals surface area (Å²) in [6, 6.07) is 5.59. The van der Waals surface area contributed by atoms with Gasteiger partial charge in [-0.2, -0.15) is 0 Å². The van der Waals surface area contributed by atoms with Crippen LogP contribution in [0.5, 0.6) is 0 Å². The first-order valence-electron chi connectivity index (χ1n) is 8.55. The largest absolute Gasteiger partial charge is 0.297 e. The molecular weight excluding hydrogens is 380 g/mol. The Hall–Kier alpha value is -2.45. The van der Waals surface area contributed by atoms with Gasteiger partial charge in [-0.25, -0.2) is 9.97 Å². The predicted octanol–water partition coefficient (Wildman–Crippen LogP) is 4.38. The van der Waals surface area contributed by atoms with E-state index in [9.17, 15) is 9.59 Å². The van der Waals surface area contributed by atoms with Crippen molar-refractivity contribution in [2.24, 2.45) is 5.41 Å². The molecule has 0 aliphatic heterocycles. The summed E-state index contributed by atoms with van der Waals surface area (Å²) >= 11 is 2.55. The first kappa shape index (κ1) is 17.9. The Bertz CT molecular complexity index is 1040. The number of fused-ring (bicyclic) bond motifs is 1. The van der Waals surface area contributed by atoms with Gasteiger partial charge in [-0.05, 0) is 30.9 Å². The van der Waals surface area contributed by atoms with Gasteiger partial charge in [0, 0.05) is 12.6 Å². The maximum Gasteiger partial charge on any atom is 0.269 e. The van der Waals surface area contributed by atoms with Crippen molar-refractivity contribution in [2.45, 2.75) is 33.6 Å². The molecule has 4 rings (SSSR count). The van der Waals surface area contributed by atoms with Crippen molar-refractivity contribution < 1.29 is 9.59 Å². The molecule has 8 heteroatoms. The highest BCUT2D eigenvalue weighted by molar-refractivity contribution is 7.18. The van der Waals surface area contributed by atoms with Crippen LogP contribution in [0.2, 0.25) is 0 Å². The van der Waals surface area contributed by atoms with Crippen LogP contribution in [-0.4, -0.2) is 26.6 Å². The summed E-state index contributed by atoms with van der Waals surface area (Å²) in [7, 11) is 0. The Morgan fingerprint density at radius 1 is 1.19 bits per heavy atom. The average molecular weight is 399 g/mol. The lowest BCUT2D eigenvalue weighted by molar-refractivity contribution is 0.0915. The molecule has 0 atom stereocenters. The summed E-state index contributed by atoms with van der Waals surface area (Å²) in [6.07, 6.45) is 2.95. The van der Waals surface area contributed by atoms with Crippen LogP contribution in [0, 0.1) is 12.3 Å². The molecule has 0 saturated heterocycles. The molecule has 6 nitrogen and oxygen atoms in total. The molecule has 1 amide bonds. The van der Waals surface area contributed by atoms with Gasteiger partial charge in [-0.3, -0.25) is 19.9 Å². The van der Waals surface area contributed by atoms with Gasteiger partial charge < -0.3 is 0 Å². The van der Waals surface area contributed by atoms with Crippen molar-refractivity contribution in [3.05, 3.63) is 45.5 Å². The van der Waals surface area contributed by atoms with Gasteiger partial charge in [0.15, 0.2) is 10.9 Å². The van der Waals surface area contributed by atoms with Crippen molar-refractivity contribution in [1.82, 2.24) is 15.0 Å². The van der Waals surface area contributed by atoms with Crippen LogP contribution in [0.15, 0.2) is 24.4 Å². The number of nitrogens with one attached hydrogen (secondary N) is 1. The number of aryl methyl sites for hydroxylation is 1. The fraction of sp³-hybridized carbons (Fsp3) is 0.316. The molecule has 3 aromatic rings. The molecule has 1 N–H and O–H groups in total. The number of hydrogen-bond acceptors (Lipinski definition) is 7. The molecular formula is C19H18N4O2S2. The van der Waals surface area contributed by atoms with Crippen LogP contribution in [0.1, 0.15) is 51.0 Å². The van der Waals surface area contributed by atoms with E-state index in [0.29, 0.717) is 32.0 Å². The number of thiazole rings is 2. The highest BCUT2D eigenvalue weighted by Crippen LogP contribution is 2.38. The number of amides is 1. The summed E-state index contributed by atoms with van der Waals surface area (Å²) in [5.74, 6) is -0.157. The number of ketones is 1. The zero-order valence-electron chi connectivity index (χ0n) is 15.2. The van der Waals surface area contributed by atoms with Gasteiger partial charge in [-0.1, -0.05) is 31.3 Å². The minimum Gasteiger partial charge on any atom is -0.297 e. The van der Waals surface area contributed by atoms with Gasteiger partial charge in [0.1, 0.15) is 9.88 Å². The zero-order chi connectivity index (χ0) is 19.2. The molecule has 1 aliphatic rings. The topological polar surface area (TPSA) is 84.8 Å². The van der Waals surface area contributed by atoms with Crippen molar-refractivity contribution in [3.63, 3.8) is 0 Å². The van der Waals surface area contributed by atoms with E-state index in [1.165, 1.54) is 22.7 Å². The monoisotopic (exact) mass is 398 g/mol. The van der Waals surface area contributed by atoms with Crippen LogP contribution < -0.4 is 5.32 Å². The fourth-order valence-electron chi connectivity index (χ4n) is 3.13. The first-order valence-corrected chi connectivity index (χ1v) is 10.2. The molecule has 0 fully saturated rings. The zero-order valence-corrected chi connectivity index (χ0v) is 16.8. The minimum absolute atomic E-state index is 0.0920. The van der Waals surface area contributed by atoms with Crippen LogP contribution in [0.3, 0.4) is 0 Å². The molecule has 0 spiro atoms. The molecule has 27 heavy (non-hydrogen) atoms. The normalized spacial score (nSPS) is 15.4. The summed E-state index contributed by atoms with van der Waals surface area (Å²) in [6.45, 7) is 5.92. The summed E-state index contributed by atoms with van der Waals surface area (Å²) in [5, 5.41) is 4.00. The molecule has 0 unspecified atom stereocenters. The standard InChI is InChI=1S/C19H18N4O2S2/c1-10-14(26-17(21-10)11-6-4-5-7-20-11)16(25)23-18-22-12-8-19(2,3)9-13(24)15(12)27-18/h4-7H,8-9H2,1-3H3,(H,22,23,25). The number of aromatic nitrogens is 3. The van der Waals surface area contributed by atoms with Crippen LogP contribution >= 0.6 is 22.7 Å². The Balaban J connectivity index is 1.57. The SMILES string of the molecule is Cc1nc(-c2ccccn2)sc1C(=O)Nc1nc2c(s1)C(=O)CC(C)(C)C2. The lowest BCUT2D eigenvalue weighted by Gasteiger charge is -2.26. The van der Waals surface area contributed by atoms with E-state index >= 15 is 0 Å². The van der Waals surface area contributed by atoms with Crippen LogP contribution in [0.4, 0.5) is 5.13 Å². The number of Topliss-reactive ketones (excluding diaryl/α,β-unsaturated/α-hetero) is 1. The molecule has 0 radical (unpaired) electrons.